The van der Waals surface area contributed by atoms with Crippen molar-refractivity contribution in [3.8, 4) is 5.75 Å². The molecule has 1 aromatic rings. The third-order valence-corrected chi connectivity index (χ3v) is 3.24. The second-order valence-corrected chi connectivity index (χ2v) is 4.90. The number of aromatic hydroxyl groups is 1. The fourth-order valence-electron chi connectivity index (χ4n) is 2.18. The topological polar surface area (TPSA) is 32.3 Å². The number of halogens is 1. The van der Waals surface area contributed by atoms with Gasteiger partial charge in [-0.05, 0) is 43.5 Å². The maximum absolute atomic E-state index is 9.97. The first-order valence-corrected chi connectivity index (χ1v) is 5.68. The molecule has 0 aromatic heterocycles. The summed E-state index contributed by atoms with van der Waals surface area (Å²) in [5.41, 5.74) is 1.78. The van der Waals surface area contributed by atoms with Gasteiger partial charge in [0.2, 0.25) is 0 Å². The van der Waals surface area contributed by atoms with Crippen LogP contribution < -0.4 is 5.32 Å². The van der Waals surface area contributed by atoms with Crippen LogP contribution in [0.4, 0.5) is 0 Å². The highest BCUT2D eigenvalue weighted by atomic mass is 35.5. The fraction of sp³-hybridized carbons (Fsp3) is 0.500. The Kier molecular flexibility index (Phi) is 2.89. The number of hydrogen-bond acceptors (Lipinski definition) is 2. The van der Waals surface area contributed by atoms with Crippen LogP contribution in [0.1, 0.15) is 30.5 Å². The largest absolute Gasteiger partial charge is 0.507 e. The SMILES string of the molecule is Cc1cc(Cl)cc(C2CC(C)CN2)c1O. The van der Waals surface area contributed by atoms with Gasteiger partial charge in [0.15, 0.2) is 0 Å². The van der Waals surface area contributed by atoms with Gasteiger partial charge in [0.1, 0.15) is 5.75 Å². The quantitative estimate of drug-likeness (QED) is 0.770. The van der Waals surface area contributed by atoms with Crippen LogP contribution in [0.3, 0.4) is 0 Å². The molecule has 0 saturated carbocycles. The van der Waals surface area contributed by atoms with E-state index in [0.717, 1.165) is 24.1 Å². The lowest BCUT2D eigenvalue weighted by Gasteiger charge is -2.14. The van der Waals surface area contributed by atoms with E-state index in [2.05, 4.69) is 12.2 Å². The van der Waals surface area contributed by atoms with E-state index in [1.54, 1.807) is 6.07 Å². The van der Waals surface area contributed by atoms with Gasteiger partial charge in [-0.25, -0.2) is 0 Å². The van der Waals surface area contributed by atoms with E-state index in [1.807, 2.05) is 13.0 Å². The molecule has 1 saturated heterocycles. The zero-order valence-electron chi connectivity index (χ0n) is 9.05. The van der Waals surface area contributed by atoms with Crippen molar-refractivity contribution in [3.05, 3.63) is 28.3 Å². The third kappa shape index (κ3) is 2.11. The molecular formula is C12H16ClNO. The molecule has 0 spiro atoms. The number of rotatable bonds is 1. The Morgan fingerprint density at radius 1 is 1.47 bits per heavy atom. The second-order valence-electron chi connectivity index (χ2n) is 4.46. The van der Waals surface area contributed by atoms with E-state index < -0.39 is 0 Å². The van der Waals surface area contributed by atoms with Crippen LogP contribution in [0.25, 0.3) is 0 Å². The Hall–Kier alpha value is -0.730. The minimum absolute atomic E-state index is 0.248. The molecule has 1 aromatic carbocycles. The molecular weight excluding hydrogens is 210 g/mol. The molecule has 1 heterocycles. The summed E-state index contributed by atoms with van der Waals surface area (Å²) in [4.78, 5) is 0. The standard InChI is InChI=1S/C12H16ClNO/c1-7-3-11(14-6-7)10-5-9(13)4-8(2)12(10)15/h4-5,7,11,14-15H,3,6H2,1-2H3. The molecule has 0 amide bonds. The minimum Gasteiger partial charge on any atom is -0.507 e. The number of aryl methyl sites for hydroxylation is 1. The van der Waals surface area contributed by atoms with Crippen molar-refractivity contribution >= 4 is 11.6 Å². The van der Waals surface area contributed by atoms with Crippen LogP contribution in [0.2, 0.25) is 5.02 Å². The minimum atomic E-state index is 0.248. The van der Waals surface area contributed by atoms with E-state index in [-0.39, 0.29) is 6.04 Å². The van der Waals surface area contributed by atoms with E-state index >= 15 is 0 Å². The van der Waals surface area contributed by atoms with E-state index in [1.165, 1.54) is 0 Å². The van der Waals surface area contributed by atoms with E-state index in [4.69, 9.17) is 11.6 Å². The zero-order valence-corrected chi connectivity index (χ0v) is 9.80. The summed E-state index contributed by atoms with van der Waals surface area (Å²) in [6.45, 7) is 5.10. The van der Waals surface area contributed by atoms with Gasteiger partial charge in [-0.2, -0.15) is 0 Å². The van der Waals surface area contributed by atoms with Gasteiger partial charge < -0.3 is 10.4 Å². The molecule has 2 nitrogen and oxygen atoms in total. The smallest absolute Gasteiger partial charge is 0.123 e. The lowest BCUT2D eigenvalue weighted by molar-refractivity contribution is 0.452. The molecule has 1 aliphatic rings. The van der Waals surface area contributed by atoms with Crippen LogP contribution in [-0.2, 0) is 0 Å². The van der Waals surface area contributed by atoms with Gasteiger partial charge in [0.25, 0.3) is 0 Å². The number of benzene rings is 1. The molecule has 2 N–H and O–H groups in total. The van der Waals surface area contributed by atoms with Crippen LogP contribution in [0, 0.1) is 12.8 Å². The first kappa shape index (κ1) is 10.8. The fourth-order valence-corrected chi connectivity index (χ4v) is 2.46. The molecule has 1 fully saturated rings. The van der Waals surface area contributed by atoms with E-state index in [9.17, 15) is 5.11 Å². The monoisotopic (exact) mass is 225 g/mol. The van der Waals surface area contributed by atoms with Crippen LogP contribution >= 0.6 is 11.6 Å². The Morgan fingerprint density at radius 2 is 2.20 bits per heavy atom. The van der Waals surface area contributed by atoms with Gasteiger partial charge >= 0.3 is 0 Å². The summed E-state index contributed by atoms with van der Waals surface area (Å²) in [5, 5.41) is 14.1. The van der Waals surface area contributed by atoms with Gasteiger partial charge in [-0.1, -0.05) is 18.5 Å². The Labute approximate surface area is 95.3 Å². The van der Waals surface area contributed by atoms with Crippen LogP contribution in [0.15, 0.2) is 12.1 Å². The summed E-state index contributed by atoms with van der Waals surface area (Å²) in [6.07, 6.45) is 1.06. The molecule has 3 heteroatoms. The average molecular weight is 226 g/mol. The second kappa shape index (κ2) is 4.03. The highest BCUT2D eigenvalue weighted by Crippen LogP contribution is 2.36. The van der Waals surface area contributed by atoms with Crippen molar-refractivity contribution in [1.29, 1.82) is 0 Å². The summed E-state index contributed by atoms with van der Waals surface area (Å²) in [6, 6.07) is 3.90. The highest BCUT2D eigenvalue weighted by Gasteiger charge is 2.25. The number of hydrogen-bond donors (Lipinski definition) is 2. The van der Waals surface area contributed by atoms with Gasteiger partial charge in [-0.15, -0.1) is 0 Å². The molecule has 0 radical (unpaired) electrons. The predicted octanol–water partition coefficient (Wildman–Crippen LogP) is 3.02. The average Bonchev–Trinajstić information content (AvgIpc) is 2.58. The van der Waals surface area contributed by atoms with Gasteiger partial charge in [0.05, 0.1) is 0 Å². The summed E-state index contributed by atoms with van der Waals surface area (Å²) < 4.78 is 0. The molecule has 0 aliphatic carbocycles. The van der Waals surface area contributed by atoms with Crippen molar-refractivity contribution in [2.24, 2.45) is 5.92 Å². The lowest BCUT2D eigenvalue weighted by atomic mass is 9.98. The van der Waals surface area contributed by atoms with Crippen molar-refractivity contribution in [2.45, 2.75) is 26.3 Å². The first-order valence-electron chi connectivity index (χ1n) is 5.30. The number of nitrogens with one attached hydrogen (secondary N) is 1. The molecule has 82 valence electrons. The maximum Gasteiger partial charge on any atom is 0.123 e. The molecule has 2 unspecified atom stereocenters. The normalized spacial score (nSPS) is 25.8. The van der Waals surface area contributed by atoms with Crippen LogP contribution in [-0.4, -0.2) is 11.7 Å². The number of phenols is 1. The van der Waals surface area contributed by atoms with Crippen molar-refractivity contribution in [1.82, 2.24) is 5.32 Å². The Balaban J connectivity index is 2.35. The molecule has 1 aliphatic heterocycles. The Bertz CT molecular complexity index is 378. The van der Waals surface area contributed by atoms with E-state index in [0.29, 0.717) is 16.7 Å². The molecule has 2 atom stereocenters. The van der Waals surface area contributed by atoms with Crippen molar-refractivity contribution in [2.75, 3.05) is 6.54 Å². The highest BCUT2D eigenvalue weighted by molar-refractivity contribution is 6.30. The zero-order chi connectivity index (χ0) is 11.0. The molecule has 0 bridgehead atoms. The summed E-state index contributed by atoms with van der Waals surface area (Å²) in [5.74, 6) is 1.04. The maximum atomic E-state index is 9.97. The lowest BCUT2D eigenvalue weighted by Crippen LogP contribution is -2.13. The summed E-state index contributed by atoms with van der Waals surface area (Å²) >= 11 is 6.00. The third-order valence-electron chi connectivity index (χ3n) is 3.02. The van der Waals surface area contributed by atoms with Gasteiger partial charge in [0, 0.05) is 16.6 Å². The first-order chi connectivity index (χ1) is 7.08. The predicted molar refractivity (Wildman–Crippen MR) is 62.4 cm³/mol. The van der Waals surface area contributed by atoms with Crippen molar-refractivity contribution in [3.63, 3.8) is 0 Å². The van der Waals surface area contributed by atoms with Gasteiger partial charge in [-0.3, -0.25) is 0 Å². The van der Waals surface area contributed by atoms with Crippen molar-refractivity contribution < 1.29 is 5.11 Å². The van der Waals surface area contributed by atoms with Crippen LogP contribution in [0.5, 0.6) is 5.75 Å². The molecule has 2 rings (SSSR count). The number of phenolic OH excluding ortho intramolecular Hbond substituents is 1. The Morgan fingerprint density at radius 3 is 2.80 bits per heavy atom. The summed E-state index contributed by atoms with van der Waals surface area (Å²) in [7, 11) is 0. The molecule has 15 heavy (non-hydrogen) atoms.